The summed E-state index contributed by atoms with van der Waals surface area (Å²) >= 11 is 0. The van der Waals surface area contributed by atoms with Crippen molar-refractivity contribution >= 4 is 5.78 Å². The predicted molar refractivity (Wildman–Crippen MR) is 48.8 cm³/mol. The van der Waals surface area contributed by atoms with Crippen molar-refractivity contribution in [3.8, 4) is 0 Å². The highest BCUT2D eigenvalue weighted by Gasteiger charge is 2.42. The maximum atomic E-state index is 11.7. The minimum absolute atomic E-state index is 0.00694. The zero-order chi connectivity index (χ0) is 8.60. The molecule has 66 valence electrons. The van der Waals surface area contributed by atoms with Gasteiger partial charge in [-0.15, -0.1) is 0 Å². The smallest absolute Gasteiger partial charge is 0.139 e. The molecule has 0 heterocycles. The third-order valence-corrected chi connectivity index (χ3v) is 3.57. The highest BCUT2D eigenvalue weighted by Crippen LogP contribution is 2.45. The quantitative estimate of drug-likeness (QED) is 0.503. The number of carbonyl (C=O) groups is 1. The van der Waals surface area contributed by atoms with Gasteiger partial charge in [-0.05, 0) is 31.6 Å². The molecule has 0 aromatic rings. The Balaban J connectivity index is 2.29. The van der Waals surface area contributed by atoms with Gasteiger partial charge in [-0.2, -0.15) is 0 Å². The number of Topliss-reactive ketones (excluding diaryl/α,β-unsaturated/α-hetero) is 1. The Hall–Kier alpha value is -0.590. The second-order valence-corrected chi connectivity index (χ2v) is 4.31. The second kappa shape index (κ2) is 2.72. The van der Waals surface area contributed by atoms with Crippen LogP contribution in [0.2, 0.25) is 0 Å². The Morgan fingerprint density at radius 1 is 1.58 bits per heavy atom. The van der Waals surface area contributed by atoms with E-state index in [1.165, 1.54) is 6.42 Å². The Bertz CT molecular complexity index is 229. The van der Waals surface area contributed by atoms with Gasteiger partial charge in [0.15, 0.2) is 0 Å². The third kappa shape index (κ3) is 1.03. The van der Waals surface area contributed by atoms with Crippen LogP contribution in [0.5, 0.6) is 0 Å². The van der Waals surface area contributed by atoms with E-state index < -0.39 is 0 Å². The summed E-state index contributed by atoms with van der Waals surface area (Å²) in [7, 11) is 0. The molecule has 1 heteroatoms. The third-order valence-electron chi connectivity index (χ3n) is 3.57. The first kappa shape index (κ1) is 8.03. The molecule has 0 aromatic carbocycles. The zero-order valence-corrected chi connectivity index (χ0v) is 7.68. The fraction of sp³-hybridized carbons (Fsp3) is 0.727. The van der Waals surface area contributed by atoms with Gasteiger partial charge in [-0.3, -0.25) is 4.79 Å². The van der Waals surface area contributed by atoms with Crippen LogP contribution in [0.3, 0.4) is 0 Å². The molecule has 0 aliphatic heterocycles. The molecule has 0 saturated heterocycles. The highest BCUT2D eigenvalue weighted by atomic mass is 16.1. The monoisotopic (exact) mass is 164 g/mol. The lowest BCUT2D eigenvalue weighted by Gasteiger charge is -2.40. The molecule has 0 aromatic heterocycles. The van der Waals surface area contributed by atoms with Crippen LogP contribution < -0.4 is 0 Å². The first-order chi connectivity index (χ1) is 5.73. The van der Waals surface area contributed by atoms with Crippen LogP contribution in [0.4, 0.5) is 0 Å². The Kier molecular flexibility index (Phi) is 1.82. The molecular formula is C11H16O. The molecule has 1 saturated carbocycles. The van der Waals surface area contributed by atoms with E-state index in [1.807, 2.05) is 0 Å². The van der Waals surface area contributed by atoms with Crippen molar-refractivity contribution in [3.05, 3.63) is 12.2 Å². The number of rotatable bonds is 0. The minimum Gasteiger partial charge on any atom is -0.299 e. The first-order valence-electron chi connectivity index (χ1n) is 4.93. The van der Waals surface area contributed by atoms with E-state index in [1.54, 1.807) is 0 Å². The highest BCUT2D eigenvalue weighted by molar-refractivity contribution is 5.86. The van der Waals surface area contributed by atoms with Gasteiger partial charge in [0.2, 0.25) is 0 Å². The van der Waals surface area contributed by atoms with Gasteiger partial charge in [-0.1, -0.05) is 19.1 Å². The lowest BCUT2D eigenvalue weighted by molar-refractivity contribution is -0.133. The maximum absolute atomic E-state index is 11.7. The van der Waals surface area contributed by atoms with E-state index in [-0.39, 0.29) is 5.41 Å². The zero-order valence-electron chi connectivity index (χ0n) is 7.68. The van der Waals surface area contributed by atoms with Crippen LogP contribution in [0.15, 0.2) is 12.2 Å². The summed E-state index contributed by atoms with van der Waals surface area (Å²) < 4.78 is 0. The molecule has 0 amide bonds. The molecule has 0 unspecified atom stereocenters. The minimum atomic E-state index is 0.00694. The van der Waals surface area contributed by atoms with E-state index in [0.717, 1.165) is 25.7 Å². The molecule has 0 bridgehead atoms. The van der Waals surface area contributed by atoms with Gasteiger partial charge in [-0.25, -0.2) is 0 Å². The number of hydrogen-bond donors (Lipinski definition) is 0. The number of hydrogen-bond acceptors (Lipinski definition) is 1. The second-order valence-electron chi connectivity index (χ2n) is 4.31. The summed E-state index contributed by atoms with van der Waals surface area (Å²) in [5, 5.41) is 0. The van der Waals surface area contributed by atoms with Crippen LogP contribution >= 0.6 is 0 Å². The Labute approximate surface area is 73.8 Å². The summed E-state index contributed by atoms with van der Waals surface area (Å²) in [4.78, 5) is 11.7. The predicted octanol–water partition coefficient (Wildman–Crippen LogP) is 2.71. The van der Waals surface area contributed by atoms with Crippen LogP contribution in [0.25, 0.3) is 0 Å². The first-order valence-corrected chi connectivity index (χ1v) is 4.93. The van der Waals surface area contributed by atoms with Gasteiger partial charge in [0.25, 0.3) is 0 Å². The lowest BCUT2D eigenvalue weighted by atomic mass is 9.62. The van der Waals surface area contributed by atoms with Crippen molar-refractivity contribution < 1.29 is 4.79 Å². The van der Waals surface area contributed by atoms with E-state index in [2.05, 4.69) is 19.1 Å². The van der Waals surface area contributed by atoms with Crippen molar-refractivity contribution in [2.24, 2.45) is 11.3 Å². The molecule has 0 radical (unpaired) electrons. The van der Waals surface area contributed by atoms with Gasteiger partial charge in [0.1, 0.15) is 5.78 Å². The molecule has 1 nitrogen and oxygen atoms in total. The maximum Gasteiger partial charge on any atom is 0.139 e. The Morgan fingerprint density at radius 2 is 2.42 bits per heavy atom. The molecule has 2 rings (SSSR count). The standard InChI is InChI=1S/C11H16O/c1-11-8-3-2-5-9(11)6-4-7-10(11)12/h2,5,9H,3-4,6-8H2,1H3/t9-,11+/m0/s1. The molecule has 12 heavy (non-hydrogen) atoms. The topological polar surface area (TPSA) is 17.1 Å². The summed E-state index contributed by atoms with van der Waals surface area (Å²) in [5.74, 6) is 1.05. The van der Waals surface area contributed by atoms with Crippen molar-refractivity contribution in [1.29, 1.82) is 0 Å². The number of carbonyl (C=O) groups excluding carboxylic acids is 1. The van der Waals surface area contributed by atoms with Crippen molar-refractivity contribution in [3.63, 3.8) is 0 Å². The van der Waals surface area contributed by atoms with E-state index in [0.29, 0.717) is 11.7 Å². The molecule has 2 aliphatic rings. The summed E-state index contributed by atoms with van der Waals surface area (Å²) in [6.45, 7) is 2.16. The fourth-order valence-electron chi connectivity index (χ4n) is 2.57. The van der Waals surface area contributed by atoms with Gasteiger partial charge >= 0.3 is 0 Å². The van der Waals surface area contributed by atoms with E-state index in [9.17, 15) is 4.79 Å². The molecule has 2 aliphatic carbocycles. The largest absolute Gasteiger partial charge is 0.299 e. The number of allylic oxidation sites excluding steroid dienone is 2. The fourth-order valence-corrected chi connectivity index (χ4v) is 2.57. The molecule has 2 atom stereocenters. The summed E-state index contributed by atoms with van der Waals surface area (Å²) in [5.41, 5.74) is 0.00694. The van der Waals surface area contributed by atoms with Gasteiger partial charge in [0.05, 0.1) is 0 Å². The number of fused-ring (bicyclic) bond motifs is 1. The molecule has 0 N–H and O–H groups in total. The van der Waals surface area contributed by atoms with Crippen molar-refractivity contribution in [2.45, 2.75) is 39.0 Å². The van der Waals surface area contributed by atoms with Crippen LogP contribution in [0, 0.1) is 11.3 Å². The van der Waals surface area contributed by atoms with Crippen molar-refractivity contribution in [1.82, 2.24) is 0 Å². The lowest BCUT2D eigenvalue weighted by Crippen LogP contribution is -2.39. The van der Waals surface area contributed by atoms with Crippen molar-refractivity contribution in [2.75, 3.05) is 0 Å². The summed E-state index contributed by atoms with van der Waals surface area (Å²) in [6, 6.07) is 0. The van der Waals surface area contributed by atoms with E-state index >= 15 is 0 Å². The average Bonchev–Trinajstić information content (AvgIpc) is 2.07. The van der Waals surface area contributed by atoms with Crippen LogP contribution in [0.1, 0.15) is 39.0 Å². The molecule has 1 fully saturated rings. The SMILES string of the molecule is C[C@@]12CCC=C[C@H]1CCCC2=O. The Morgan fingerprint density at radius 3 is 3.17 bits per heavy atom. The number of ketones is 1. The molecular weight excluding hydrogens is 148 g/mol. The van der Waals surface area contributed by atoms with Crippen LogP contribution in [-0.4, -0.2) is 5.78 Å². The van der Waals surface area contributed by atoms with Gasteiger partial charge in [0, 0.05) is 11.8 Å². The normalized spacial score (nSPS) is 41.1. The van der Waals surface area contributed by atoms with E-state index in [4.69, 9.17) is 0 Å². The molecule has 0 spiro atoms. The van der Waals surface area contributed by atoms with Gasteiger partial charge < -0.3 is 0 Å². The summed E-state index contributed by atoms with van der Waals surface area (Å²) in [6.07, 6.45) is 9.82. The van der Waals surface area contributed by atoms with Crippen LogP contribution in [-0.2, 0) is 4.79 Å². The average molecular weight is 164 g/mol.